The molecule has 0 amide bonds. The Morgan fingerprint density at radius 1 is 1.22 bits per heavy atom. The van der Waals surface area contributed by atoms with Gasteiger partial charge in [-0.2, -0.15) is 0 Å². The van der Waals surface area contributed by atoms with Crippen molar-refractivity contribution in [3.63, 3.8) is 0 Å². The van der Waals surface area contributed by atoms with Gasteiger partial charge in [0.1, 0.15) is 11.5 Å². The Labute approximate surface area is 119 Å². The molecule has 92 valence electrons. The average molecular weight is 298 g/mol. The first-order chi connectivity index (χ1) is 8.56. The number of nitrogens with one attached hydrogen (secondary N) is 1. The maximum Gasteiger partial charge on any atom is 0.141 e. The van der Waals surface area contributed by atoms with Gasteiger partial charge >= 0.3 is 0 Å². The summed E-state index contributed by atoms with van der Waals surface area (Å²) >= 11 is 13.5. The van der Waals surface area contributed by atoms with E-state index in [-0.39, 0.29) is 5.84 Å². The lowest BCUT2D eigenvalue weighted by Crippen LogP contribution is -2.12. The Morgan fingerprint density at radius 3 is 2.61 bits per heavy atom. The molecule has 0 aliphatic rings. The first-order valence-corrected chi connectivity index (χ1v) is 6.57. The molecule has 0 bridgehead atoms. The summed E-state index contributed by atoms with van der Waals surface area (Å²) in [5.74, 6) is -0.0488. The predicted molar refractivity (Wildman–Crippen MR) is 75.8 cm³/mol. The summed E-state index contributed by atoms with van der Waals surface area (Å²) < 4.78 is 0. The van der Waals surface area contributed by atoms with Crippen molar-refractivity contribution in [3.05, 3.63) is 52.3 Å². The zero-order valence-electron chi connectivity index (χ0n) is 9.15. The number of amidine groups is 1. The zero-order chi connectivity index (χ0) is 13.1. The Kier molecular flexibility index (Phi) is 4.11. The molecular weight excluding hydrogens is 289 g/mol. The highest BCUT2D eigenvalue weighted by molar-refractivity contribution is 7.99. The number of hydrogen-bond acceptors (Lipinski definition) is 3. The molecule has 0 atom stereocenters. The third-order valence-electron chi connectivity index (χ3n) is 2.13. The van der Waals surface area contributed by atoms with E-state index in [9.17, 15) is 0 Å². The standard InChI is InChI=1S/C12H9Cl2N3S/c13-7-1-3-9(14)11(5-7)18-8-2-4-10(12(15)16)17-6-8/h1-6H,(H3,15,16). The molecule has 0 unspecified atom stereocenters. The van der Waals surface area contributed by atoms with Crippen molar-refractivity contribution in [2.75, 3.05) is 0 Å². The largest absolute Gasteiger partial charge is 0.382 e. The third-order valence-corrected chi connectivity index (χ3v) is 3.84. The lowest BCUT2D eigenvalue weighted by molar-refractivity contribution is 1.19. The Balaban J connectivity index is 2.23. The van der Waals surface area contributed by atoms with Crippen LogP contribution in [-0.4, -0.2) is 10.8 Å². The predicted octanol–water partition coefficient (Wildman–Crippen LogP) is 3.82. The first kappa shape index (κ1) is 13.2. The van der Waals surface area contributed by atoms with Crippen LogP contribution in [0.15, 0.2) is 46.3 Å². The van der Waals surface area contributed by atoms with Crippen LogP contribution in [0, 0.1) is 5.41 Å². The van der Waals surface area contributed by atoms with Crippen molar-refractivity contribution in [1.82, 2.24) is 4.98 Å². The van der Waals surface area contributed by atoms with Crippen LogP contribution < -0.4 is 5.73 Å². The molecule has 0 aliphatic heterocycles. The number of rotatable bonds is 3. The van der Waals surface area contributed by atoms with E-state index >= 15 is 0 Å². The van der Waals surface area contributed by atoms with Gasteiger partial charge in [0.25, 0.3) is 0 Å². The number of hydrogen-bond donors (Lipinski definition) is 2. The molecule has 18 heavy (non-hydrogen) atoms. The van der Waals surface area contributed by atoms with Crippen LogP contribution in [0.2, 0.25) is 10.0 Å². The van der Waals surface area contributed by atoms with Gasteiger partial charge in [-0.1, -0.05) is 35.0 Å². The second-order valence-corrected chi connectivity index (χ2v) is 5.43. The van der Waals surface area contributed by atoms with Crippen LogP contribution in [-0.2, 0) is 0 Å². The summed E-state index contributed by atoms with van der Waals surface area (Å²) in [6.07, 6.45) is 1.65. The van der Waals surface area contributed by atoms with E-state index in [4.69, 9.17) is 34.3 Å². The Morgan fingerprint density at radius 2 is 2.00 bits per heavy atom. The minimum absolute atomic E-state index is 0.0488. The Hall–Kier alpha value is -1.23. The van der Waals surface area contributed by atoms with E-state index in [1.54, 1.807) is 30.5 Å². The normalized spacial score (nSPS) is 10.3. The molecule has 0 radical (unpaired) electrons. The van der Waals surface area contributed by atoms with Crippen molar-refractivity contribution in [2.45, 2.75) is 9.79 Å². The minimum atomic E-state index is -0.0488. The second kappa shape index (κ2) is 5.61. The number of aromatic nitrogens is 1. The van der Waals surface area contributed by atoms with E-state index in [1.807, 2.05) is 6.07 Å². The molecule has 3 nitrogen and oxygen atoms in total. The number of benzene rings is 1. The van der Waals surface area contributed by atoms with Crippen LogP contribution in [0.5, 0.6) is 0 Å². The van der Waals surface area contributed by atoms with Gasteiger partial charge in [-0.25, -0.2) is 0 Å². The van der Waals surface area contributed by atoms with Gasteiger partial charge in [-0.3, -0.25) is 10.4 Å². The lowest BCUT2D eigenvalue weighted by atomic mass is 10.3. The fraction of sp³-hybridized carbons (Fsp3) is 0. The van der Waals surface area contributed by atoms with Gasteiger partial charge in [0.15, 0.2) is 0 Å². The average Bonchev–Trinajstić information content (AvgIpc) is 2.34. The van der Waals surface area contributed by atoms with E-state index in [0.29, 0.717) is 15.7 Å². The van der Waals surface area contributed by atoms with Crippen LogP contribution in [0.3, 0.4) is 0 Å². The molecule has 6 heteroatoms. The lowest BCUT2D eigenvalue weighted by Gasteiger charge is -2.05. The van der Waals surface area contributed by atoms with Gasteiger partial charge in [0.2, 0.25) is 0 Å². The summed E-state index contributed by atoms with van der Waals surface area (Å²) in [5, 5.41) is 8.53. The number of nitrogen functional groups attached to an aromatic ring is 1. The summed E-state index contributed by atoms with van der Waals surface area (Å²) in [4.78, 5) is 5.85. The third kappa shape index (κ3) is 3.16. The van der Waals surface area contributed by atoms with Gasteiger partial charge in [-0.05, 0) is 30.3 Å². The summed E-state index contributed by atoms with van der Waals surface area (Å²) in [6.45, 7) is 0. The first-order valence-electron chi connectivity index (χ1n) is 4.99. The van der Waals surface area contributed by atoms with E-state index in [2.05, 4.69) is 4.98 Å². The molecule has 0 aliphatic carbocycles. The van der Waals surface area contributed by atoms with Crippen molar-refractivity contribution < 1.29 is 0 Å². The highest BCUT2D eigenvalue weighted by atomic mass is 35.5. The maximum atomic E-state index is 7.26. The SMILES string of the molecule is N=C(N)c1ccc(Sc2cc(Cl)ccc2Cl)cn1. The molecule has 0 spiro atoms. The fourth-order valence-electron chi connectivity index (χ4n) is 1.28. The van der Waals surface area contributed by atoms with Crippen LogP contribution >= 0.6 is 35.0 Å². The van der Waals surface area contributed by atoms with Crippen LogP contribution in [0.1, 0.15) is 5.69 Å². The summed E-state index contributed by atoms with van der Waals surface area (Å²) in [6, 6.07) is 8.83. The van der Waals surface area contributed by atoms with E-state index < -0.39 is 0 Å². The molecule has 3 N–H and O–H groups in total. The second-order valence-electron chi connectivity index (χ2n) is 3.47. The molecule has 0 saturated heterocycles. The highest BCUT2D eigenvalue weighted by Crippen LogP contribution is 2.34. The highest BCUT2D eigenvalue weighted by Gasteiger charge is 2.05. The summed E-state index contributed by atoms with van der Waals surface area (Å²) in [7, 11) is 0. The monoisotopic (exact) mass is 297 g/mol. The number of nitrogens with two attached hydrogens (primary N) is 1. The number of halogens is 2. The molecule has 2 aromatic rings. The van der Waals surface area contributed by atoms with Crippen molar-refractivity contribution in [3.8, 4) is 0 Å². The van der Waals surface area contributed by atoms with Crippen molar-refractivity contribution in [2.24, 2.45) is 5.73 Å². The van der Waals surface area contributed by atoms with E-state index in [0.717, 1.165) is 9.79 Å². The zero-order valence-corrected chi connectivity index (χ0v) is 11.5. The van der Waals surface area contributed by atoms with Gasteiger partial charge in [0.05, 0.1) is 5.02 Å². The summed E-state index contributed by atoms with van der Waals surface area (Å²) in [5.41, 5.74) is 5.79. The van der Waals surface area contributed by atoms with Crippen LogP contribution in [0.25, 0.3) is 0 Å². The minimum Gasteiger partial charge on any atom is -0.382 e. The molecule has 0 saturated carbocycles. The molecular formula is C12H9Cl2N3S. The van der Waals surface area contributed by atoms with Gasteiger partial charge < -0.3 is 5.73 Å². The smallest absolute Gasteiger partial charge is 0.141 e. The number of nitrogens with zero attached hydrogens (tertiary/aromatic N) is 1. The van der Waals surface area contributed by atoms with Crippen molar-refractivity contribution >= 4 is 40.8 Å². The van der Waals surface area contributed by atoms with E-state index in [1.165, 1.54) is 11.8 Å². The molecule has 0 fully saturated rings. The van der Waals surface area contributed by atoms with Gasteiger partial charge in [-0.15, -0.1) is 0 Å². The van der Waals surface area contributed by atoms with Gasteiger partial charge in [0, 0.05) is 21.0 Å². The molecule has 2 rings (SSSR count). The van der Waals surface area contributed by atoms with Crippen LogP contribution in [0.4, 0.5) is 0 Å². The number of pyridine rings is 1. The Bertz CT molecular complexity index is 584. The molecule has 1 aromatic carbocycles. The molecule has 1 aromatic heterocycles. The topological polar surface area (TPSA) is 62.8 Å². The quantitative estimate of drug-likeness (QED) is 0.668. The maximum absolute atomic E-state index is 7.26. The van der Waals surface area contributed by atoms with Crippen molar-refractivity contribution in [1.29, 1.82) is 5.41 Å². The fourth-order valence-corrected chi connectivity index (χ4v) is 2.60. The molecule has 1 heterocycles.